The van der Waals surface area contributed by atoms with Gasteiger partial charge in [-0.1, -0.05) is 47.1 Å². The fourth-order valence-electron chi connectivity index (χ4n) is 2.26. The Labute approximate surface area is 169 Å². The summed E-state index contributed by atoms with van der Waals surface area (Å²) >= 11 is 13.2. The van der Waals surface area contributed by atoms with Gasteiger partial charge in [0.25, 0.3) is 0 Å². The van der Waals surface area contributed by atoms with E-state index in [9.17, 15) is 9.18 Å². The van der Waals surface area contributed by atoms with Crippen molar-refractivity contribution in [2.75, 3.05) is 11.1 Å². The number of rotatable bonds is 5. The zero-order valence-corrected chi connectivity index (χ0v) is 16.7. The number of halogens is 3. The quantitative estimate of drug-likeness (QED) is 0.614. The van der Waals surface area contributed by atoms with Crippen molar-refractivity contribution in [2.45, 2.75) is 12.1 Å². The number of carbonyl (C=O) groups is 1. The van der Waals surface area contributed by atoms with Gasteiger partial charge in [-0.25, -0.2) is 9.37 Å². The van der Waals surface area contributed by atoms with Crippen LogP contribution in [0.15, 0.2) is 35.6 Å². The molecule has 0 atom stereocenters. The van der Waals surface area contributed by atoms with Crippen LogP contribution in [0.1, 0.15) is 5.56 Å². The molecule has 0 saturated carbocycles. The van der Waals surface area contributed by atoms with E-state index in [1.165, 1.54) is 24.0 Å². The van der Waals surface area contributed by atoms with Crippen LogP contribution in [-0.4, -0.2) is 31.4 Å². The maximum Gasteiger partial charge on any atom is 0.236 e. The largest absolute Gasteiger partial charge is 0.309 e. The molecular formula is C17H14Cl2FN5OS. The third kappa shape index (κ3) is 4.23. The fourth-order valence-corrected chi connectivity index (χ4v) is 3.36. The lowest BCUT2D eigenvalue weighted by molar-refractivity contribution is -0.113. The second-order valence-electron chi connectivity index (χ2n) is 5.58. The number of anilines is 1. The van der Waals surface area contributed by atoms with E-state index < -0.39 is 0 Å². The SMILES string of the molecule is Cc1c(Cl)cnc(NC(=O)CSc2nnc(-c3ccccc3F)n2C)c1Cl. The molecule has 1 N–H and O–H groups in total. The van der Waals surface area contributed by atoms with Crippen molar-refractivity contribution in [3.8, 4) is 11.4 Å². The second-order valence-corrected chi connectivity index (χ2v) is 7.30. The summed E-state index contributed by atoms with van der Waals surface area (Å²) in [6.45, 7) is 1.74. The number of nitrogens with one attached hydrogen (secondary N) is 1. The van der Waals surface area contributed by atoms with Crippen LogP contribution in [0.3, 0.4) is 0 Å². The summed E-state index contributed by atoms with van der Waals surface area (Å²) in [6.07, 6.45) is 1.43. The molecule has 0 fully saturated rings. The van der Waals surface area contributed by atoms with Crippen molar-refractivity contribution in [3.63, 3.8) is 0 Å². The lowest BCUT2D eigenvalue weighted by Gasteiger charge is -2.09. The van der Waals surface area contributed by atoms with Crippen LogP contribution in [0, 0.1) is 12.7 Å². The molecule has 0 radical (unpaired) electrons. The van der Waals surface area contributed by atoms with E-state index in [2.05, 4.69) is 20.5 Å². The fraction of sp³-hybridized carbons (Fsp3) is 0.176. The van der Waals surface area contributed by atoms with Gasteiger partial charge in [0, 0.05) is 13.2 Å². The van der Waals surface area contributed by atoms with Crippen LogP contribution in [-0.2, 0) is 11.8 Å². The van der Waals surface area contributed by atoms with E-state index in [1.807, 2.05) is 0 Å². The maximum absolute atomic E-state index is 13.9. The van der Waals surface area contributed by atoms with E-state index in [0.717, 1.165) is 0 Å². The highest BCUT2D eigenvalue weighted by Crippen LogP contribution is 2.29. The standard InChI is InChI=1S/C17H14Cl2FN5OS/c1-9-11(18)7-21-15(14(9)19)22-13(26)8-27-17-24-23-16(25(17)2)10-5-3-4-6-12(10)20/h3-7H,8H2,1-2H3,(H,21,22,26). The lowest BCUT2D eigenvalue weighted by Crippen LogP contribution is -2.16. The molecule has 0 aliphatic rings. The summed E-state index contributed by atoms with van der Waals surface area (Å²) in [5, 5.41) is 11.9. The molecule has 10 heteroatoms. The molecule has 1 aromatic carbocycles. The summed E-state index contributed by atoms with van der Waals surface area (Å²) in [7, 11) is 1.71. The monoisotopic (exact) mass is 425 g/mol. The van der Waals surface area contributed by atoms with Gasteiger partial charge in [-0.05, 0) is 24.6 Å². The van der Waals surface area contributed by atoms with Crippen LogP contribution < -0.4 is 5.32 Å². The third-order valence-electron chi connectivity index (χ3n) is 3.74. The van der Waals surface area contributed by atoms with Gasteiger partial charge >= 0.3 is 0 Å². The predicted octanol–water partition coefficient (Wildman–Crippen LogP) is 4.36. The van der Waals surface area contributed by atoms with Crippen LogP contribution in [0.25, 0.3) is 11.4 Å². The first-order chi connectivity index (χ1) is 12.9. The van der Waals surface area contributed by atoms with Crippen molar-refractivity contribution in [1.82, 2.24) is 19.7 Å². The Hall–Kier alpha value is -2.16. The number of hydrogen-bond donors (Lipinski definition) is 1. The second kappa shape index (κ2) is 8.24. The highest BCUT2D eigenvalue weighted by Gasteiger charge is 2.16. The Bertz CT molecular complexity index is 1010. The third-order valence-corrected chi connectivity index (χ3v) is 5.61. The molecule has 0 aliphatic carbocycles. The molecule has 2 heterocycles. The normalized spacial score (nSPS) is 10.9. The molecule has 3 rings (SSSR count). The Balaban J connectivity index is 1.68. The smallest absolute Gasteiger partial charge is 0.236 e. The number of hydrogen-bond acceptors (Lipinski definition) is 5. The van der Waals surface area contributed by atoms with Gasteiger partial charge in [0.1, 0.15) is 5.82 Å². The molecule has 0 aliphatic heterocycles. The number of pyridine rings is 1. The molecule has 1 amide bonds. The van der Waals surface area contributed by atoms with Crippen molar-refractivity contribution in [1.29, 1.82) is 0 Å². The molecule has 27 heavy (non-hydrogen) atoms. The zero-order valence-electron chi connectivity index (χ0n) is 14.3. The molecule has 0 unspecified atom stereocenters. The van der Waals surface area contributed by atoms with E-state index in [4.69, 9.17) is 23.2 Å². The summed E-state index contributed by atoms with van der Waals surface area (Å²) < 4.78 is 15.6. The van der Waals surface area contributed by atoms with E-state index in [0.29, 0.717) is 32.2 Å². The molecule has 2 aromatic heterocycles. The van der Waals surface area contributed by atoms with E-state index in [-0.39, 0.29) is 23.3 Å². The Morgan fingerprint density at radius 1 is 1.30 bits per heavy atom. The molecule has 0 spiro atoms. The van der Waals surface area contributed by atoms with Crippen LogP contribution in [0.5, 0.6) is 0 Å². The van der Waals surface area contributed by atoms with Crippen LogP contribution in [0.2, 0.25) is 10.0 Å². The molecule has 3 aromatic rings. The first kappa shape index (κ1) is 19.6. The van der Waals surface area contributed by atoms with Crippen molar-refractivity contribution in [2.24, 2.45) is 7.05 Å². The number of amides is 1. The van der Waals surface area contributed by atoms with Gasteiger partial charge in [-0.2, -0.15) is 0 Å². The average Bonchev–Trinajstić information content (AvgIpc) is 3.01. The van der Waals surface area contributed by atoms with Crippen molar-refractivity contribution < 1.29 is 9.18 Å². The average molecular weight is 426 g/mol. The van der Waals surface area contributed by atoms with Gasteiger partial charge in [-0.15, -0.1) is 10.2 Å². The Morgan fingerprint density at radius 3 is 2.78 bits per heavy atom. The number of carbonyl (C=O) groups excluding carboxylic acids is 1. The van der Waals surface area contributed by atoms with E-state index >= 15 is 0 Å². The number of thioether (sulfide) groups is 1. The van der Waals surface area contributed by atoms with Crippen molar-refractivity contribution >= 4 is 46.7 Å². The number of benzene rings is 1. The zero-order chi connectivity index (χ0) is 19.6. The molecular weight excluding hydrogens is 412 g/mol. The van der Waals surface area contributed by atoms with Gasteiger partial charge in [-0.3, -0.25) is 4.79 Å². The summed E-state index contributed by atoms with van der Waals surface area (Å²) in [4.78, 5) is 16.2. The lowest BCUT2D eigenvalue weighted by atomic mass is 10.2. The first-order valence-electron chi connectivity index (χ1n) is 7.76. The maximum atomic E-state index is 13.9. The predicted molar refractivity (Wildman–Crippen MR) is 105 cm³/mol. The van der Waals surface area contributed by atoms with Crippen LogP contribution in [0.4, 0.5) is 10.2 Å². The number of nitrogens with zero attached hydrogens (tertiary/aromatic N) is 4. The van der Waals surface area contributed by atoms with Gasteiger partial charge in [0.15, 0.2) is 16.8 Å². The highest BCUT2D eigenvalue weighted by molar-refractivity contribution is 7.99. The summed E-state index contributed by atoms with van der Waals surface area (Å²) in [5.41, 5.74) is 0.982. The minimum atomic E-state index is -0.388. The van der Waals surface area contributed by atoms with Gasteiger partial charge in [0.2, 0.25) is 5.91 Å². The topological polar surface area (TPSA) is 72.7 Å². The van der Waals surface area contributed by atoms with E-state index in [1.54, 1.807) is 36.7 Å². The molecule has 6 nitrogen and oxygen atoms in total. The number of aromatic nitrogens is 4. The van der Waals surface area contributed by atoms with Crippen molar-refractivity contribution in [3.05, 3.63) is 51.9 Å². The summed E-state index contributed by atoms with van der Waals surface area (Å²) in [5.74, 6) is -0.0148. The highest BCUT2D eigenvalue weighted by atomic mass is 35.5. The minimum Gasteiger partial charge on any atom is -0.309 e. The molecule has 140 valence electrons. The molecule has 0 bridgehead atoms. The van der Waals surface area contributed by atoms with Crippen LogP contribution >= 0.6 is 35.0 Å². The summed E-state index contributed by atoms with van der Waals surface area (Å²) in [6, 6.07) is 6.30. The minimum absolute atomic E-state index is 0.0585. The first-order valence-corrected chi connectivity index (χ1v) is 9.50. The Kier molecular flexibility index (Phi) is 5.98. The van der Waals surface area contributed by atoms with Gasteiger partial charge < -0.3 is 9.88 Å². The molecule has 0 saturated heterocycles. The Morgan fingerprint density at radius 2 is 2.04 bits per heavy atom. The van der Waals surface area contributed by atoms with Gasteiger partial charge in [0.05, 0.1) is 21.4 Å².